The van der Waals surface area contributed by atoms with Gasteiger partial charge in [0.15, 0.2) is 11.5 Å². The number of phenolic OH excluding ortho intramolecular Hbond substituents is 1. The first-order valence-corrected chi connectivity index (χ1v) is 9.11. The molecule has 0 saturated carbocycles. The van der Waals surface area contributed by atoms with Gasteiger partial charge in [0, 0.05) is 22.5 Å². The van der Waals surface area contributed by atoms with Crippen molar-refractivity contribution in [1.29, 1.82) is 0 Å². The average Bonchev–Trinajstić information content (AvgIpc) is 2.97. The molecule has 4 heteroatoms. The van der Waals surface area contributed by atoms with Crippen molar-refractivity contribution in [3.05, 3.63) is 57.7 Å². The van der Waals surface area contributed by atoms with Crippen molar-refractivity contribution in [2.24, 2.45) is 0 Å². The molecule has 0 aliphatic heterocycles. The predicted molar refractivity (Wildman–Crippen MR) is 102 cm³/mol. The highest BCUT2D eigenvalue weighted by molar-refractivity contribution is 6.33. The van der Waals surface area contributed by atoms with Crippen molar-refractivity contribution in [2.75, 3.05) is 7.11 Å². The maximum atomic E-state index is 9.89. The van der Waals surface area contributed by atoms with Crippen LogP contribution in [-0.2, 0) is 12.8 Å². The van der Waals surface area contributed by atoms with E-state index in [-0.39, 0.29) is 5.75 Å². The van der Waals surface area contributed by atoms with Gasteiger partial charge in [-0.05, 0) is 61.9 Å². The van der Waals surface area contributed by atoms with Crippen LogP contribution in [0.25, 0.3) is 10.9 Å². The van der Waals surface area contributed by atoms with E-state index in [1.54, 1.807) is 6.07 Å². The molecule has 0 saturated heterocycles. The molecule has 2 N–H and O–H groups in total. The van der Waals surface area contributed by atoms with Gasteiger partial charge in [-0.25, -0.2) is 0 Å². The minimum absolute atomic E-state index is 0.0849. The van der Waals surface area contributed by atoms with Crippen LogP contribution in [0.1, 0.15) is 41.1 Å². The number of aryl methyl sites for hydroxylation is 2. The fraction of sp³-hybridized carbons (Fsp3) is 0.333. The molecule has 0 fully saturated rings. The number of halogens is 1. The third-order valence-electron chi connectivity index (χ3n) is 5.31. The normalized spacial score (nSPS) is 16.8. The lowest BCUT2D eigenvalue weighted by atomic mass is 9.83. The SMILES string of the molecule is COc1c(O)ccc(CC2CCCc3c2[nH]c2ccc(C)cc32)c1Cl. The highest BCUT2D eigenvalue weighted by Gasteiger charge is 2.26. The number of ether oxygens (including phenoxy) is 1. The number of aromatic hydroxyl groups is 1. The van der Waals surface area contributed by atoms with Gasteiger partial charge in [-0.3, -0.25) is 0 Å². The highest BCUT2D eigenvalue weighted by Crippen LogP contribution is 2.42. The fourth-order valence-corrected chi connectivity index (χ4v) is 4.39. The van der Waals surface area contributed by atoms with Crippen molar-refractivity contribution in [3.63, 3.8) is 0 Å². The fourth-order valence-electron chi connectivity index (χ4n) is 4.08. The number of rotatable bonds is 3. The molecule has 1 aromatic heterocycles. The van der Waals surface area contributed by atoms with E-state index in [0.717, 1.165) is 24.8 Å². The Labute approximate surface area is 152 Å². The van der Waals surface area contributed by atoms with Crippen LogP contribution in [0, 0.1) is 6.92 Å². The monoisotopic (exact) mass is 355 g/mol. The van der Waals surface area contributed by atoms with Gasteiger partial charge in [0.25, 0.3) is 0 Å². The Morgan fingerprint density at radius 3 is 2.92 bits per heavy atom. The Bertz CT molecular complexity index is 945. The van der Waals surface area contributed by atoms with Gasteiger partial charge in [0.05, 0.1) is 12.1 Å². The zero-order chi connectivity index (χ0) is 17.6. The predicted octanol–water partition coefficient (Wildman–Crippen LogP) is 5.51. The summed E-state index contributed by atoms with van der Waals surface area (Å²) in [4.78, 5) is 3.65. The summed E-state index contributed by atoms with van der Waals surface area (Å²) in [6.45, 7) is 2.14. The summed E-state index contributed by atoms with van der Waals surface area (Å²) in [5, 5.41) is 11.8. The van der Waals surface area contributed by atoms with Crippen LogP contribution in [0.2, 0.25) is 5.02 Å². The van der Waals surface area contributed by atoms with Gasteiger partial charge in [-0.2, -0.15) is 0 Å². The third kappa shape index (κ3) is 2.77. The molecule has 1 atom stereocenters. The number of hydrogen-bond donors (Lipinski definition) is 2. The van der Waals surface area contributed by atoms with E-state index in [1.165, 1.54) is 41.3 Å². The van der Waals surface area contributed by atoms with E-state index in [0.29, 0.717) is 16.7 Å². The van der Waals surface area contributed by atoms with E-state index >= 15 is 0 Å². The second kappa shape index (κ2) is 6.30. The lowest BCUT2D eigenvalue weighted by Gasteiger charge is -2.23. The smallest absolute Gasteiger partial charge is 0.179 e. The summed E-state index contributed by atoms with van der Waals surface area (Å²) in [5.74, 6) is 0.854. The van der Waals surface area contributed by atoms with E-state index in [1.807, 2.05) is 6.07 Å². The molecule has 3 aromatic rings. The third-order valence-corrected chi connectivity index (χ3v) is 5.72. The second-order valence-corrected chi connectivity index (χ2v) is 7.33. The summed E-state index contributed by atoms with van der Waals surface area (Å²) in [7, 11) is 1.53. The van der Waals surface area contributed by atoms with Gasteiger partial charge < -0.3 is 14.8 Å². The number of hydrogen-bond acceptors (Lipinski definition) is 2. The lowest BCUT2D eigenvalue weighted by molar-refractivity contribution is 0.373. The van der Waals surface area contributed by atoms with Crippen LogP contribution >= 0.6 is 11.6 Å². The molecule has 0 bridgehead atoms. The van der Waals surface area contributed by atoms with E-state index < -0.39 is 0 Å². The Balaban J connectivity index is 1.74. The van der Waals surface area contributed by atoms with E-state index in [4.69, 9.17) is 16.3 Å². The quantitative estimate of drug-likeness (QED) is 0.651. The standard InChI is InChI=1S/C21H22ClNO2/c1-12-6-8-17-16(10-12)15-5-3-4-14(20(15)23-17)11-13-7-9-18(24)21(25-2)19(13)22/h6-10,14,23-24H,3-5,11H2,1-2H3. The Morgan fingerprint density at radius 2 is 2.12 bits per heavy atom. The summed E-state index contributed by atoms with van der Waals surface area (Å²) in [6, 6.07) is 10.2. The van der Waals surface area contributed by atoms with Gasteiger partial charge in [-0.15, -0.1) is 0 Å². The molecule has 1 aliphatic carbocycles. The first-order chi connectivity index (χ1) is 12.1. The Hall–Kier alpha value is -2.13. The molecular formula is C21H22ClNO2. The Kier molecular flexibility index (Phi) is 4.12. The van der Waals surface area contributed by atoms with E-state index in [9.17, 15) is 5.11 Å². The molecule has 1 unspecified atom stereocenters. The minimum Gasteiger partial charge on any atom is -0.504 e. The van der Waals surface area contributed by atoms with Crippen LogP contribution in [-0.4, -0.2) is 17.2 Å². The molecule has 0 radical (unpaired) electrons. The largest absolute Gasteiger partial charge is 0.504 e. The summed E-state index contributed by atoms with van der Waals surface area (Å²) in [6.07, 6.45) is 4.29. The van der Waals surface area contributed by atoms with Crippen LogP contribution in [0.4, 0.5) is 0 Å². The van der Waals surface area contributed by atoms with Crippen molar-refractivity contribution in [1.82, 2.24) is 4.98 Å². The minimum atomic E-state index is 0.0849. The zero-order valence-electron chi connectivity index (χ0n) is 14.5. The number of benzene rings is 2. The molecule has 25 heavy (non-hydrogen) atoms. The molecular weight excluding hydrogens is 334 g/mol. The molecule has 0 amide bonds. The van der Waals surface area contributed by atoms with Crippen molar-refractivity contribution in [2.45, 2.75) is 38.5 Å². The molecule has 1 aliphatic rings. The van der Waals surface area contributed by atoms with Crippen LogP contribution < -0.4 is 4.74 Å². The van der Waals surface area contributed by atoms with Crippen molar-refractivity contribution in [3.8, 4) is 11.5 Å². The summed E-state index contributed by atoms with van der Waals surface area (Å²) in [5.41, 5.74) is 6.33. The van der Waals surface area contributed by atoms with Gasteiger partial charge in [0.2, 0.25) is 0 Å². The first-order valence-electron chi connectivity index (χ1n) is 8.74. The molecule has 3 nitrogen and oxygen atoms in total. The molecule has 2 aromatic carbocycles. The van der Waals surface area contributed by atoms with Gasteiger partial charge >= 0.3 is 0 Å². The summed E-state index contributed by atoms with van der Waals surface area (Å²) < 4.78 is 5.25. The average molecular weight is 356 g/mol. The van der Waals surface area contributed by atoms with Crippen molar-refractivity contribution < 1.29 is 9.84 Å². The van der Waals surface area contributed by atoms with Gasteiger partial charge in [-0.1, -0.05) is 29.3 Å². The second-order valence-electron chi connectivity index (χ2n) is 6.95. The first kappa shape index (κ1) is 16.3. The number of phenols is 1. The van der Waals surface area contributed by atoms with Crippen LogP contribution in [0.3, 0.4) is 0 Å². The lowest BCUT2D eigenvalue weighted by Crippen LogP contribution is -2.12. The number of fused-ring (bicyclic) bond motifs is 3. The maximum absolute atomic E-state index is 9.89. The highest BCUT2D eigenvalue weighted by atomic mass is 35.5. The molecule has 1 heterocycles. The van der Waals surface area contributed by atoms with Crippen LogP contribution in [0.15, 0.2) is 30.3 Å². The zero-order valence-corrected chi connectivity index (χ0v) is 15.3. The number of H-pyrrole nitrogens is 1. The molecule has 0 spiro atoms. The summed E-state index contributed by atoms with van der Waals surface area (Å²) >= 11 is 6.46. The number of aromatic nitrogens is 1. The molecule has 130 valence electrons. The van der Waals surface area contributed by atoms with Crippen LogP contribution in [0.5, 0.6) is 11.5 Å². The Morgan fingerprint density at radius 1 is 1.28 bits per heavy atom. The van der Waals surface area contributed by atoms with E-state index in [2.05, 4.69) is 30.1 Å². The van der Waals surface area contributed by atoms with Gasteiger partial charge in [0.1, 0.15) is 0 Å². The maximum Gasteiger partial charge on any atom is 0.179 e. The molecule has 4 rings (SSSR count). The van der Waals surface area contributed by atoms with Crippen molar-refractivity contribution >= 4 is 22.5 Å². The number of aromatic amines is 1. The topological polar surface area (TPSA) is 45.2 Å². The number of nitrogens with one attached hydrogen (secondary N) is 1. The number of methoxy groups -OCH3 is 1.